The van der Waals surface area contributed by atoms with Gasteiger partial charge in [-0.25, -0.2) is 4.98 Å². The maximum absolute atomic E-state index is 7.74. The molecule has 1 aliphatic rings. The van der Waals surface area contributed by atoms with E-state index in [0.29, 0.717) is 0 Å². The number of rotatable bonds is 4. The predicted octanol–water partition coefficient (Wildman–Crippen LogP) is 1.21. The highest BCUT2D eigenvalue weighted by Gasteiger charge is 2.21. The maximum Gasteiger partial charge on any atom is 0.139 e. The van der Waals surface area contributed by atoms with Crippen LogP contribution in [0.3, 0.4) is 0 Å². The minimum atomic E-state index is 0.108. The van der Waals surface area contributed by atoms with Crippen molar-refractivity contribution in [3.63, 3.8) is 0 Å². The zero-order chi connectivity index (χ0) is 13.8. The highest BCUT2D eigenvalue weighted by Crippen LogP contribution is 2.21. The Balaban J connectivity index is 2.15. The zero-order valence-electron chi connectivity index (χ0n) is 11.8. The first-order valence-corrected chi connectivity index (χ1v) is 6.90. The average molecular weight is 261 g/mol. The molecular weight excluding hydrogens is 238 g/mol. The number of aryl methyl sites for hydroxylation is 1. The number of pyridine rings is 1. The van der Waals surface area contributed by atoms with Gasteiger partial charge in [0.1, 0.15) is 11.7 Å². The quantitative estimate of drug-likeness (QED) is 0.631. The molecule has 0 unspecified atom stereocenters. The van der Waals surface area contributed by atoms with Crippen molar-refractivity contribution in [1.82, 2.24) is 9.88 Å². The molecule has 0 aliphatic carbocycles. The summed E-state index contributed by atoms with van der Waals surface area (Å²) in [5.74, 6) is 0.972. The molecule has 5 heteroatoms. The maximum atomic E-state index is 7.74. The summed E-state index contributed by atoms with van der Waals surface area (Å²) >= 11 is 0. The number of anilines is 1. The molecule has 1 aromatic heterocycles. The Bertz CT molecular complexity index is 449. The molecule has 2 heterocycles. The Morgan fingerprint density at radius 1 is 1.37 bits per heavy atom. The molecule has 5 nitrogen and oxygen atoms in total. The van der Waals surface area contributed by atoms with E-state index in [9.17, 15) is 0 Å². The summed E-state index contributed by atoms with van der Waals surface area (Å²) in [5, 5.41) is 7.74. The smallest absolute Gasteiger partial charge is 0.139 e. The van der Waals surface area contributed by atoms with Crippen LogP contribution in [-0.2, 0) is 0 Å². The number of amidine groups is 1. The number of nitrogens with zero attached hydrogens (tertiary/aromatic N) is 3. The molecule has 1 aromatic rings. The molecule has 104 valence electrons. The third kappa shape index (κ3) is 3.04. The number of nitrogens with two attached hydrogens (primary N) is 1. The first-order valence-electron chi connectivity index (χ1n) is 6.90. The number of nitrogens with one attached hydrogen (secondary N) is 1. The van der Waals surface area contributed by atoms with Gasteiger partial charge in [0.15, 0.2) is 0 Å². The minimum absolute atomic E-state index is 0.108. The van der Waals surface area contributed by atoms with Crippen LogP contribution in [0.2, 0.25) is 0 Å². The van der Waals surface area contributed by atoms with Gasteiger partial charge in [0.2, 0.25) is 0 Å². The van der Waals surface area contributed by atoms with Crippen LogP contribution in [-0.4, -0.2) is 48.4 Å². The van der Waals surface area contributed by atoms with Crippen LogP contribution in [0, 0.1) is 12.3 Å². The number of hydrogen-bond donors (Lipinski definition) is 2. The summed E-state index contributed by atoms with van der Waals surface area (Å²) in [7, 11) is 0. The van der Waals surface area contributed by atoms with Gasteiger partial charge in [-0.3, -0.25) is 10.3 Å². The second-order valence-corrected chi connectivity index (χ2v) is 5.07. The molecule has 1 saturated heterocycles. The van der Waals surface area contributed by atoms with E-state index in [1.54, 1.807) is 6.20 Å². The third-order valence-corrected chi connectivity index (χ3v) is 3.62. The van der Waals surface area contributed by atoms with Gasteiger partial charge in [-0.1, -0.05) is 6.92 Å². The first kappa shape index (κ1) is 13.8. The van der Waals surface area contributed by atoms with Crippen LogP contribution >= 0.6 is 0 Å². The number of piperazine rings is 1. The largest absolute Gasteiger partial charge is 0.384 e. The van der Waals surface area contributed by atoms with Gasteiger partial charge in [-0.2, -0.15) is 0 Å². The Morgan fingerprint density at radius 2 is 2.05 bits per heavy atom. The number of aromatic nitrogens is 1. The van der Waals surface area contributed by atoms with Crippen molar-refractivity contribution < 1.29 is 0 Å². The monoisotopic (exact) mass is 261 g/mol. The molecule has 19 heavy (non-hydrogen) atoms. The summed E-state index contributed by atoms with van der Waals surface area (Å²) < 4.78 is 0. The number of hydrogen-bond acceptors (Lipinski definition) is 4. The van der Waals surface area contributed by atoms with E-state index in [2.05, 4.69) is 21.7 Å². The van der Waals surface area contributed by atoms with Crippen molar-refractivity contribution >= 4 is 11.7 Å². The molecule has 0 aromatic carbocycles. The SMILES string of the molecule is CCCN1CCN(c2nccc(C)c2C(=N)N)CC1. The van der Waals surface area contributed by atoms with Crippen molar-refractivity contribution in [2.75, 3.05) is 37.6 Å². The lowest BCUT2D eigenvalue weighted by Gasteiger charge is -2.36. The molecule has 3 N–H and O–H groups in total. The fraction of sp³-hybridized carbons (Fsp3) is 0.571. The normalized spacial score (nSPS) is 16.6. The van der Waals surface area contributed by atoms with Gasteiger partial charge < -0.3 is 10.6 Å². The lowest BCUT2D eigenvalue weighted by molar-refractivity contribution is 0.258. The van der Waals surface area contributed by atoms with E-state index in [1.165, 1.54) is 6.42 Å². The summed E-state index contributed by atoms with van der Waals surface area (Å²) in [5.41, 5.74) is 7.51. The lowest BCUT2D eigenvalue weighted by Crippen LogP contribution is -2.47. The van der Waals surface area contributed by atoms with E-state index in [1.807, 2.05) is 13.0 Å². The summed E-state index contributed by atoms with van der Waals surface area (Å²) in [6.07, 6.45) is 3.00. The van der Waals surface area contributed by atoms with Crippen molar-refractivity contribution in [2.24, 2.45) is 5.73 Å². The van der Waals surface area contributed by atoms with E-state index in [0.717, 1.165) is 49.7 Å². The standard InChI is InChI=1S/C14H23N5/c1-3-6-18-7-9-19(10-8-18)14-12(13(15)16)11(2)4-5-17-14/h4-5H,3,6-10H2,1-2H3,(H3,15,16). The Hall–Kier alpha value is -1.62. The average Bonchev–Trinajstić information content (AvgIpc) is 2.39. The fourth-order valence-corrected chi connectivity index (χ4v) is 2.62. The van der Waals surface area contributed by atoms with Crippen LogP contribution in [0.1, 0.15) is 24.5 Å². The molecular formula is C14H23N5. The van der Waals surface area contributed by atoms with Gasteiger partial charge in [0.05, 0.1) is 5.56 Å². The highest BCUT2D eigenvalue weighted by atomic mass is 15.3. The first-order chi connectivity index (χ1) is 9.13. The van der Waals surface area contributed by atoms with Crippen LogP contribution in [0.25, 0.3) is 0 Å². The van der Waals surface area contributed by atoms with Crippen molar-refractivity contribution in [3.8, 4) is 0 Å². The molecule has 0 amide bonds. The van der Waals surface area contributed by atoms with E-state index in [-0.39, 0.29) is 5.84 Å². The Labute approximate surface area is 114 Å². The second-order valence-electron chi connectivity index (χ2n) is 5.07. The van der Waals surface area contributed by atoms with Gasteiger partial charge in [0, 0.05) is 32.4 Å². The van der Waals surface area contributed by atoms with Crippen LogP contribution in [0.15, 0.2) is 12.3 Å². The summed E-state index contributed by atoms with van der Waals surface area (Å²) in [4.78, 5) is 9.16. The van der Waals surface area contributed by atoms with Gasteiger partial charge in [-0.15, -0.1) is 0 Å². The highest BCUT2D eigenvalue weighted by molar-refractivity contribution is 6.01. The summed E-state index contributed by atoms with van der Waals surface area (Å²) in [6, 6.07) is 1.91. The minimum Gasteiger partial charge on any atom is -0.384 e. The van der Waals surface area contributed by atoms with E-state index >= 15 is 0 Å². The Morgan fingerprint density at radius 3 is 2.63 bits per heavy atom. The topological polar surface area (TPSA) is 69.2 Å². The van der Waals surface area contributed by atoms with Gasteiger partial charge in [0.25, 0.3) is 0 Å². The lowest BCUT2D eigenvalue weighted by atomic mass is 10.1. The Kier molecular flexibility index (Phi) is 4.37. The molecule has 0 radical (unpaired) electrons. The van der Waals surface area contributed by atoms with Crippen molar-refractivity contribution in [1.29, 1.82) is 5.41 Å². The predicted molar refractivity (Wildman–Crippen MR) is 78.9 cm³/mol. The third-order valence-electron chi connectivity index (χ3n) is 3.62. The van der Waals surface area contributed by atoms with Crippen molar-refractivity contribution in [3.05, 3.63) is 23.4 Å². The molecule has 0 atom stereocenters. The molecule has 1 aliphatic heterocycles. The van der Waals surface area contributed by atoms with Crippen molar-refractivity contribution in [2.45, 2.75) is 20.3 Å². The van der Waals surface area contributed by atoms with Crippen LogP contribution in [0.5, 0.6) is 0 Å². The van der Waals surface area contributed by atoms with E-state index in [4.69, 9.17) is 11.1 Å². The molecule has 0 bridgehead atoms. The summed E-state index contributed by atoms with van der Waals surface area (Å²) in [6.45, 7) is 9.38. The number of nitrogen functional groups attached to an aromatic ring is 1. The van der Waals surface area contributed by atoms with Gasteiger partial charge in [-0.05, 0) is 31.5 Å². The van der Waals surface area contributed by atoms with Crippen LogP contribution < -0.4 is 10.6 Å². The van der Waals surface area contributed by atoms with E-state index < -0.39 is 0 Å². The molecule has 0 spiro atoms. The molecule has 0 saturated carbocycles. The van der Waals surface area contributed by atoms with Crippen LogP contribution in [0.4, 0.5) is 5.82 Å². The second kappa shape index (κ2) is 6.02. The zero-order valence-corrected chi connectivity index (χ0v) is 11.8. The fourth-order valence-electron chi connectivity index (χ4n) is 2.62. The molecule has 2 rings (SSSR count). The van der Waals surface area contributed by atoms with Gasteiger partial charge >= 0.3 is 0 Å². The molecule has 1 fully saturated rings.